The number of sulfonamides is 1. The topological polar surface area (TPSA) is 55.4 Å². The van der Waals surface area contributed by atoms with Crippen molar-refractivity contribution in [2.45, 2.75) is 4.90 Å². The van der Waals surface area contributed by atoms with E-state index in [-0.39, 0.29) is 18.0 Å². The number of nitrogens with one attached hydrogen (secondary N) is 1. The number of ether oxygens (including phenoxy) is 1. The standard InChI is InChI=1S/C10H12Br2FNO3S/c11-3-5-17-6-4-14-18(15,16)10-2-1-8(12)7-9(10)13/h1-2,7,14H,3-6H2. The third kappa shape index (κ3) is 4.93. The van der Waals surface area contributed by atoms with Crippen molar-refractivity contribution in [1.29, 1.82) is 0 Å². The van der Waals surface area contributed by atoms with E-state index in [0.29, 0.717) is 16.4 Å². The first-order valence-corrected chi connectivity index (χ1v) is 8.45. The lowest BCUT2D eigenvalue weighted by molar-refractivity contribution is 0.156. The van der Waals surface area contributed by atoms with Gasteiger partial charge in [-0.2, -0.15) is 0 Å². The summed E-state index contributed by atoms with van der Waals surface area (Å²) in [6.45, 7) is 0.836. The van der Waals surface area contributed by atoms with Crippen molar-refractivity contribution >= 4 is 41.9 Å². The Morgan fingerprint density at radius 1 is 1.33 bits per heavy atom. The highest BCUT2D eigenvalue weighted by atomic mass is 79.9. The Balaban J connectivity index is 2.63. The normalized spacial score (nSPS) is 11.7. The maximum absolute atomic E-state index is 13.5. The molecule has 1 aromatic carbocycles. The predicted octanol–water partition coefficient (Wildman–Crippen LogP) is 2.28. The Morgan fingerprint density at radius 3 is 2.67 bits per heavy atom. The minimum absolute atomic E-state index is 0.102. The van der Waals surface area contributed by atoms with Gasteiger partial charge in [-0.15, -0.1) is 0 Å². The van der Waals surface area contributed by atoms with Crippen molar-refractivity contribution in [1.82, 2.24) is 4.72 Å². The van der Waals surface area contributed by atoms with Crippen LogP contribution in [-0.4, -0.2) is 33.5 Å². The summed E-state index contributed by atoms with van der Waals surface area (Å²) in [4.78, 5) is -0.369. The Kier molecular flexibility index (Phi) is 6.72. The zero-order valence-electron chi connectivity index (χ0n) is 9.33. The monoisotopic (exact) mass is 403 g/mol. The molecule has 8 heteroatoms. The summed E-state index contributed by atoms with van der Waals surface area (Å²) in [5, 5.41) is 0.682. The first-order valence-electron chi connectivity index (χ1n) is 5.06. The van der Waals surface area contributed by atoms with Crippen LogP contribution >= 0.6 is 31.9 Å². The van der Waals surface area contributed by atoms with Gasteiger partial charge in [-0.3, -0.25) is 0 Å². The smallest absolute Gasteiger partial charge is 0.243 e. The van der Waals surface area contributed by atoms with Crippen LogP contribution in [0.4, 0.5) is 4.39 Å². The lowest BCUT2D eigenvalue weighted by Gasteiger charge is -2.08. The van der Waals surface area contributed by atoms with E-state index in [1.165, 1.54) is 12.1 Å². The molecule has 0 unspecified atom stereocenters. The highest BCUT2D eigenvalue weighted by Gasteiger charge is 2.18. The van der Waals surface area contributed by atoms with Gasteiger partial charge in [0.2, 0.25) is 10.0 Å². The Labute approximate surface area is 122 Å². The van der Waals surface area contributed by atoms with Crippen molar-refractivity contribution in [3.63, 3.8) is 0 Å². The molecular formula is C10H12Br2FNO3S. The van der Waals surface area contributed by atoms with E-state index in [4.69, 9.17) is 4.74 Å². The molecule has 0 saturated heterocycles. The van der Waals surface area contributed by atoms with Crippen LogP contribution in [0.3, 0.4) is 0 Å². The molecule has 1 aromatic rings. The van der Waals surface area contributed by atoms with Gasteiger partial charge in [0.1, 0.15) is 10.7 Å². The van der Waals surface area contributed by atoms with Crippen molar-refractivity contribution < 1.29 is 17.5 Å². The van der Waals surface area contributed by atoms with E-state index < -0.39 is 15.8 Å². The van der Waals surface area contributed by atoms with E-state index >= 15 is 0 Å². The van der Waals surface area contributed by atoms with Crippen molar-refractivity contribution in [3.05, 3.63) is 28.5 Å². The van der Waals surface area contributed by atoms with Crippen molar-refractivity contribution in [3.8, 4) is 0 Å². The second-order valence-corrected chi connectivity index (χ2v) is 6.72. The lowest BCUT2D eigenvalue weighted by Crippen LogP contribution is -2.28. The lowest BCUT2D eigenvalue weighted by atomic mass is 10.3. The van der Waals surface area contributed by atoms with Crippen LogP contribution in [0.25, 0.3) is 0 Å². The molecule has 0 fully saturated rings. The number of hydrogen-bond donors (Lipinski definition) is 1. The molecule has 0 radical (unpaired) electrons. The maximum Gasteiger partial charge on any atom is 0.243 e. The highest BCUT2D eigenvalue weighted by molar-refractivity contribution is 9.10. The highest BCUT2D eigenvalue weighted by Crippen LogP contribution is 2.18. The van der Waals surface area contributed by atoms with Crippen LogP contribution in [0, 0.1) is 5.82 Å². The number of hydrogen-bond acceptors (Lipinski definition) is 3. The van der Waals surface area contributed by atoms with E-state index in [9.17, 15) is 12.8 Å². The molecule has 0 saturated carbocycles. The summed E-state index contributed by atoms with van der Waals surface area (Å²) in [6, 6.07) is 3.79. The van der Waals surface area contributed by atoms with Gasteiger partial charge >= 0.3 is 0 Å². The third-order valence-electron chi connectivity index (χ3n) is 1.94. The van der Waals surface area contributed by atoms with Crippen molar-refractivity contribution in [2.24, 2.45) is 0 Å². The quantitative estimate of drug-likeness (QED) is 0.560. The maximum atomic E-state index is 13.5. The third-order valence-corrected chi connectivity index (χ3v) is 4.25. The fraction of sp³-hybridized carbons (Fsp3) is 0.400. The molecule has 0 bridgehead atoms. The van der Waals surface area contributed by atoms with Crippen LogP contribution in [0.15, 0.2) is 27.6 Å². The molecule has 0 aliphatic heterocycles. The average molecular weight is 405 g/mol. The zero-order valence-corrected chi connectivity index (χ0v) is 13.3. The summed E-state index contributed by atoms with van der Waals surface area (Å²) in [7, 11) is -3.83. The molecule has 0 aliphatic rings. The molecule has 0 spiro atoms. The molecule has 1 rings (SSSR count). The second kappa shape index (κ2) is 7.54. The van der Waals surface area contributed by atoms with Crippen LogP contribution in [-0.2, 0) is 14.8 Å². The van der Waals surface area contributed by atoms with Crippen LogP contribution < -0.4 is 4.72 Å². The molecule has 1 N–H and O–H groups in total. The summed E-state index contributed by atoms with van der Waals surface area (Å²) in [5.41, 5.74) is 0. The largest absolute Gasteiger partial charge is 0.379 e. The van der Waals surface area contributed by atoms with E-state index in [2.05, 4.69) is 36.6 Å². The number of alkyl halides is 1. The molecule has 102 valence electrons. The Bertz CT molecular complexity index is 496. The van der Waals surface area contributed by atoms with E-state index in [1.54, 1.807) is 0 Å². The minimum Gasteiger partial charge on any atom is -0.379 e. The molecule has 0 aromatic heterocycles. The van der Waals surface area contributed by atoms with Crippen LogP contribution in [0.5, 0.6) is 0 Å². The minimum atomic E-state index is -3.83. The van der Waals surface area contributed by atoms with Gasteiger partial charge in [-0.1, -0.05) is 31.9 Å². The van der Waals surface area contributed by atoms with Crippen molar-refractivity contribution in [2.75, 3.05) is 25.1 Å². The summed E-state index contributed by atoms with van der Waals surface area (Å²) < 4.78 is 44.9. The van der Waals surface area contributed by atoms with Gasteiger partial charge in [-0.05, 0) is 18.2 Å². The molecule has 18 heavy (non-hydrogen) atoms. The van der Waals surface area contributed by atoms with E-state index in [0.717, 1.165) is 6.07 Å². The number of benzene rings is 1. The molecule has 0 amide bonds. The molecule has 0 heterocycles. The van der Waals surface area contributed by atoms with Gasteiger partial charge < -0.3 is 4.74 Å². The summed E-state index contributed by atoms with van der Waals surface area (Å²) in [5.74, 6) is -0.793. The van der Waals surface area contributed by atoms with Crippen LogP contribution in [0.1, 0.15) is 0 Å². The first-order chi connectivity index (χ1) is 8.47. The van der Waals surface area contributed by atoms with Gasteiger partial charge in [0, 0.05) is 16.3 Å². The van der Waals surface area contributed by atoms with Gasteiger partial charge in [0.15, 0.2) is 0 Å². The molecular weight excluding hydrogens is 393 g/mol. The SMILES string of the molecule is O=S(=O)(NCCOCCBr)c1ccc(Br)cc1F. The Morgan fingerprint density at radius 2 is 2.06 bits per heavy atom. The number of halogens is 3. The predicted molar refractivity (Wildman–Crippen MR) is 73.9 cm³/mol. The van der Waals surface area contributed by atoms with E-state index in [1.807, 2.05) is 0 Å². The fourth-order valence-electron chi connectivity index (χ4n) is 1.18. The molecule has 4 nitrogen and oxygen atoms in total. The average Bonchev–Trinajstić information content (AvgIpc) is 2.28. The van der Waals surface area contributed by atoms with Gasteiger partial charge in [0.25, 0.3) is 0 Å². The molecule has 0 atom stereocenters. The summed E-state index contributed by atoms with van der Waals surface area (Å²) in [6.07, 6.45) is 0. The second-order valence-electron chi connectivity index (χ2n) is 3.27. The fourth-order valence-corrected chi connectivity index (χ4v) is 2.81. The summed E-state index contributed by atoms with van der Waals surface area (Å²) >= 11 is 6.24. The Hall–Kier alpha value is -0.0200. The van der Waals surface area contributed by atoms with Gasteiger partial charge in [-0.25, -0.2) is 17.5 Å². The zero-order chi connectivity index (χ0) is 13.6. The molecule has 0 aliphatic carbocycles. The number of rotatable bonds is 7. The van der Waals surface area contributed by atoms with Crippen LogP contribution in [0.2, 0.25) is 0 Å². The van der Waals surface area contributed by atoms with Gasteiger partial charge in [0.05, 0.1) is 13.2 Å². The first kappa shape index (κ1) is 16.0.